The van der Waals surface area contributed by atoms with E-state index < -0.39 is 17.9 Å². The van der Waals surface area contributed by atoms with Crippen LogP contribution in [0.25, 0.3) is 6.08 Å². The number of amides is 1. The van der Waals surface area contributed by atoms with Crippen LogP contribution in [0, 0.1) is 0 Å². The number of esters is 1. The first-order valence-corrected chi connectivity index (χ1v) is 8.09. The van der Waals surface area contributed by atoms with Crippen molar-refractivity contribution < 1.29 is 24.5 Å². The average molecular weight is 376 g/mol. The fourth-order valence-corrected chi connectivity index (χ4v) is 2.47. The van der Waals surface area contributed by atoms with Gasteiger partial charge in [-0.05, 0) is 41.5 Å². The van der Waals surface area contributed by atoms with Crippen molar-refractivity contribution in [3.8, 4) is 11.5 Å². The predicted molar refractivity (Wildman–Crippen MR) is 97.9 cm³/mol. The van der Waals surface area contributed by atoms with E-state index in [0.29, 0.717) is 10.6 Å². The van der Waals surface area contributed by atoms with Crippen molar-refractivity contribution in [2.24, 2.45) is 0 Å². The third-order valence-electron chi connectivity index (χ3n) is 3.56. The maximum absolute atomic E-state index is 12.1. The van der Waals surface area contributed by atoms with Gasteiger partial charge in [-0.2, -0.15) is 0 Å². The molecule has 0 aromatic heterocycles. The Balaban J connectivity index is 2.08. The number of carbonyl (C=O) groups excluding carboxylic acids is 2. The molecule has 1 atom stereocenters. The van der Waals surface area contributed by atoms with Crippen LogP contribution in [0.1, 0.15) is 11.1 Å². The molecule has 0 fully saturated rings. The smallest absolute Gasteiger partial charge is 0.328 e. The number of hydrogen-bond acceptors (Lipinski definition) is 5. The lowest BCUT2D eigenvalue weighted by molar-refractivity contribution is -0.144. The monoisotopic (exact) mass is 375 g/mol. The number of nitrogens with one attached hydrogen (secondary N) is 1. The molecule has 1 amide bonds. The van der Waals surface area contributed by atoms with E-state index in [1.54, 1.807) is 36.4 Å². The Kier molecular flexibility index (Phi) is 6.63. The minimum atomic E-state index is -0.944. The SMILES string of the molecule is COC(=O)C(Cc1ccc(O)c(O)c1)NC(=O)C=Cc1cccc(Cl)c1. The van der Waals surface area contributed by atoms with Gasteiger partial charge in [-0.1, -0.05) is 29.8 Å². The lowest BCUT2D eigenvalue weighted by Gasteiger charge is -2.16. The summed E-state index contributed by atoms with van der Waals surface area (Å²) in [5.74, 6) is -1.68. The number of hydrogen-bond donors (Lipinski definition) is 3. The van der Waals surface area contributed by atoms with Crippen molar-refractivity contribution in [2.75, 3.05) is 7.11 Å². The zero-order chi connectivity index (χ0) is 19.1. The van der Waals surface area contributed by atoms with Crippen LogP contribution in [-0.4, -0.2) is 35.2 Å². The molecule has 7 heteroatoms. The normalized spacial score (nSPS) is 11.9. The Morgan fingerprint density at radius 2 is 1.96 bits per heavy atom. The van der Waals surface area contributed by atoms with Crippen molar-refractivity contribution in [1.29, 1.82) is 0 Å². The summed E-state index contributed by atoms with van der Waals surface area (Å²) in [4.78, 5) is 24.0. The Hall–Kier alpha value is -2.99. The molecular weight excluding hydrogens is 358 g/mol. The quantitative estimate of drug-likeness (QED) is 0.410. The molecule has 2 rings (SSSR count). The van der Waals surface area contributed by atoms with Gasteiger partial charge in [0.1, 0.15) is 6.04 Å². The number of phenolic OH excluding ortho intramolecular Hbond substituents is 2. The largest absolute Gasteiger partial charge is 0.504 e. The van der Waals surface area contributed by atoms with Crippen LogP contribution in [0.2, 0.25) is 5.02 Å². The molecular formula is C19H18ClNO5. The van der Waals surface area contributed by atoms with Gasteiger partial charge in [0.2, 0.25) is 5.91 Å². The van der Waals surface area contributed by atoms with E-state index in [9.17, 15) is 19.8 Å². The molecule has 2 aromatic rings. The number of benzene rings is 2. The molecule has 6 nitrogen and oxygen atoms in total. The van der Waals surface area contributed by atoms with E-state index in [0.717, 1.165) is 5.56 Å². The highest BCUT2D eigenvalue weighted by molar-refractivity contribution is 6.30. The second kappa shape index (κ2) is 8.92. The van der Waals surface area contributed by atoms with E-state index in [1.165, 1.54) is 25.3 Å². The first kappa shape index (κ1) is 19.3. The van der Waals surface area contributed by atoms with Crippen LogP contribution in [0.4, 0.5) is 0 Å². The number of ether oxygens (including phenoxy) is 1. The van der Waals surface area contributed by atoms with Gasteiger partial charge in [0.25, 0.3) is 0 Å². The molecule has 0 bridgehead atoms. The lowest BCUT2D eigenvalue weighted by atomic mass is 10.1. The van der Waals surface area contributed by atoms with Crippen molar-refractivity contribution >= 4 is 29.6 Å². The number of halogens is 1. The zero-order valence-electron chi connectivity index (χ0n) is 14.0. The Morgan fingerprint density at radius 3 is 2.62 bits per heavy atom. The van der Waals surface area contributed by atoms with Crippen LogP contribution in [0.3, 0.4) is 0 Å². The van der Waals surface area contributed by atoms with Crippen LogP contribution >= 0.6 is 11.6 Å². The topological polar surface area (TPSA) is 95.9 Å². The van der Waals surface area contributed by atoms with Gasteiger partial charge in [0.05, 0.1) is 7.11 Å². The summed E-state index contributed by atoms with van der Waals surface area (Å²) in [6, 6.07) is 10.2. The first-order chi connectivity index (χ1) is 12.4. The molecule has 0 heterocycles. The van der Waals surface area contributed by atoms with E-state index >= 15 is 0 Å². The number of phenols is 2. The minimum Gasteiger partial charge on any atom is -0.504 e. The number of carbonyl (C=O) groups is 2. The molecule has 136 valence electrons. The fourth-order valence-electron chi connectivity index (χ4n) is 2.27. The predicted octanol–water partition coefficient (Wildman–Crippen LogP) is 2.66. The van der Waals surface area contributed by atoms with Crippen LogP contribution in [-0.2, 0) is 20.7 Å². The second-order valence-corrected chi connectivity index (χ2v) is 5.94. The standard InChI is InChI=1S/C19H18ClNO5/c1-26-19(25)15(10-13-5-7-16(22)17(23)11-13)21-18(24)8-6-12-3-2-4-14(20)9-12/h2-9,11,15,22-23H,10H2,1H3,(H,21,24). The van der Waals surface area contributed by atoms with Crippen LogP contribution in [0.15, 0.2) is 48.5 Å². The Bertz CT molecular complexity index is 834. The maximum atomic E-state index is 12.1. The first-order valence-electron chi connectivity index (χ1n) is 7.72. The van der Waals surface area contributed by atoms with Gasteiger partial charge in [-0.15, -0.1) is 0 Å². The van der Waals surface area contributed by atoms with Crippen molar-refractivity contribution in [1.82, 2.24) is 5.32 Å². The van der Waals surface area contributed by atoms with E-state index in [2.05, 4.69) is 5.32 Å². The third kappa shape index (κ3) is 5.53. The maximum Gasteiger partial charge on any atom is 0.328 e. The molecule has 0 saturated carbocycles. The third-order valence-corrected chi connectivity index (χ3v) is 3.79. The van der Waals surface area contributed by atoms with Gasteiger partial charge in [0, 0.05) is 17.5 Å². The summed E-state index contributed by atoms with van der Waals surface area (Å²) in [6.45, 7) is 0. The summed E-state index contributed by atoms with van der Waals surface area (Å²) in [6.07, 6.45) is 2.95. The molecule has 3 N–H and O–H groups in total. The van der Waals surface area contributed by atoms with Crippen LogP contribution in [0.5, 0.6) is 11.5 Å². The summed E-state index contributed by atoms with van der Waals surface area (Å²) < 4.78 is 4.71. The van der Waals surface area contributed by atoms with Gasteiger partial charge in [-0.25, -0.2) is 4.79 Å². The molecule has 1 unspecified atom stereocenters. The molecule has 0 aliphatic rings. The van der Waals surface area contributed by atoms with Gasteiger partial charge < -0.3 is 20.3 Å². The van der Waals surface area contributed by atoms with Gasteiger partial charge in [-0.3, -0.25) is 4.79 Å². The molecule has 0 spiro atoms. The molecule has 0 radical (unpaired) electrons. The van der Waals surface area contributed by atoms with Crippen LogP contribution < -0.4 is 5.32 Å². The van der Waals surface area contributed by atoms with Crippen molar-refractivity contribution in [2.45, 2.75) is 12.5 Å². The van der Waals surface area contributed by atoms with Gasteiger partial charge >= 0.3 is 5.97 Å². The molecule has 0 saturated heterocycles. The molecule has 0 aliphatic heterocycles. The number of aromatic hydroxyl groups is 2. The van der Waals surface area contributed by atoms with E-state index in [4.69, 9.17) is 16.3 Å². The van der Waals surface area contributed by atoms with Gasteiger partial charge in [0.15, 0.2) is 11.5 Å². The Morgan fingerprint density at radius 1 is 1.19 bits per heavy atom. The summed E-state index contributed by atoms with van der Waals surface area (Å²) in [7, 11) is 1.22. The average Bonchev–Trinajstić information content (AvgIpc) is 2.62. The van der Waals surface area contributed by atoms with Crippen molar-refractivity contribution in [3.05, 3.63) is 64.7 Å². The fraction of sp³-hybridized carbons (Fsp3) is 0.158. The van der Waals surface area contributed by atoms with Crippen molar-refractivity contribution in [3.63, 3.8) is 0 Å². The van der Waals surface area contributed by atoms with E-state index in [-0.39, 0.29) is 17.9 Å². The zero-order valence-corrected chi connectivity index (χ0v) is 14.7. The molecule has 0 aliphatic carbocycles. The Labute approximate surface area is 155 Å². The minimum absolute atomic E-state index is 0.0945. The highest BCUT2D eigenvalue weighted by atomic mass is 35.5. The molecule has 2 aromatic carbocycles. The van der Waals surface area contributed by atoms with E-state index in [1.807, 2.05) is 0 Å². The summed E-state index contributed by atoms with van der Waals surface area (Å²) in [5.41, 5.74) is 1.29. The second-order valence-electron chi connectivity index (χ2n) is 5.50. The number of rotatable bonds is 6. The highest BCUT2D eigenvalue weighted by Crippen LogP contribution is 2.25. The lowest BCUT2D eigenvalue weighted by Crippen LogP contribution is -2.42. The summed E-state index contributed by atoms with van der Waals surface area (Å²) in [5, 5.41) is 22.0. The highest BCUT2D eigenvalue weighted by Gasteiger charge is 2.21. The molecule has 26 heavy (non-hydrogen) atoms. The summed E-state index contributed by atoms with van der Waals surface area (Å²) >= 11 is 5.89. The number of methoxy groups -OCH3 is 1.